The first-order chi connectivity index (χ1) is 13.7. The fourth-order valence-corrected chi connectivity index (χ4v) is 4.21. The highest BCUT2D eigenvalue weighted by atomic mass is 16.1. The van der Waals surface area contributed by atoms with Crippen LogP contribution in [-0.4, -0.2) is 45.1 Å². The van der Waals surface area contributed by atoms with Gasteiger partial charge in [-0.1, -0.05) is 12.1 Å². The van der Waals surface area contributed by atoms with Crippen molar-refractivity contribution >= 4 is 22.5 Å². The van der Waals surface area contributed by atoms with Crippen LogP contribution in [0.15, 0.2) is 36.7 Å². The zero-order valence-corrected chi connectivity index (χ0v) is 16.1. The highest BCUT2D eigenvalue weighted by molar-refractivity contribution is 5.95. The minimum absolute atomic E-state index is 0.0902. The number of hydrogen-bond acceptors (Lipinski definition) is 4. The summed E-state index contributed by atoms with van der Waals surface area (Å²) in [6.07, 6.45) is 8.22. The van der Waals surface area contributed by atoms with Crippen LogP contribution in [0.3, 0.4) is 0 Å². The number of carbonyl (C=O) groups excluding carboxylic acids is 1. The van der Waals surface area contributed by atoms with Gasteiger partial charge in [0.05, 0.1) is 6.20 Å². The molecule has 6 heteroatoms. The van der Waals surface area contributed by atoms with Crippen molar-refractivity contribution in [3.05, 3.63) is 42.4 Å². The maximum Gasteiger partial charge on any atom is 0.228 e. The van der Waals surface area contributed by atoms with E-state index in [2.05, 4.69) is 43.6 Å². The number of rotatable bonds is 4. The van der Waals surface area contributed by atoms with Gasteiger partial charge in [0.2, 0.25) is 5.91 Å². The fraction of sp³-hybridized carbons (Fsp3) is 0.409. The molecule has 3 aromatic rings. The first-order valence-corrected chi connectivity index (χ1v) is 10.1. The first-order valence-electron chi connectivity index (χ1n) is 10.1. The number of nitrogens with one attached hydrogen (secondary N) is 2. The molecule has 1 saturated carbocycles. The van der Waals surface area contributed by atoms with Crippen molar-refractivity contribution in [2.24, 2.45) is 5.92 Å². The summed E-state index contributed by atoms with van der Waals surface area (Å²) in [5.74, 6) is 0.819. The lowest BCUT2D eigenvalue weighted by Crippen LogP contribution is -2.39. The molecule has 6 nitrogen and oxygen atoms in total. The Bertz CT molecular complexity index is 1010. The van der Waals surface area contributed by atoms with Gasteiger partial charge >= 0.3 is 0 Å². The van der Waals surface area contributed by atoms with Crippen LogP contribution >= 0.6 is 0 Å². The van der Waals surface area contributed by atoms with Crippen LogP contribution in [0.5, 0.6) is 0 Å². The van der Waals surface area contributed by atoms with Crippen molar-refractivity contribution < 1.29 is 4.79 Å². The van der Waals surface area contributed by atoms with Gasteiger partial charge in [-0.15, -0.1) is 0 Å². The summed E-state index contributed by atoms with van der Waals surface area (Å²) in [7, 11) is 0. The Hall–Kier alpha value is -2.73. The Kier molecular flexibility index (Phi) is 4.36. The zero-order chi connectivity index (χ0) is 19.1. The van der Waals surface area contributed by atoms with E-state index in [0.29, 0.717) is 5.82 Å². The number of benzene rings is 1. The van der Waals surface area contributed by atoms with Crippen LogP contribution in [0.2, 0.25) is 0 Å². The predicted octanol–water partition coefficient (Wildman–Crippen LogP) is 3.75. The van der Waals surface area contributed by atoms with Crippen molar-refractivity contribution in [3.8, 4) is 11.1 Å². The number of pyridine rings is 1. The smallest absolute Gasteiger partial charge is 0.228 e. The van der Waals surface area contributed by atoms with E-state index in [4.69, 9.17) is 0 Å². The molecular formula is C22H25N5O. The number of anilines is 1. The molecule has 1 saturated heterocycles. The number of nitrogens with zero attached hydrogens (tertiary/aromatic N) is 3. The molecule has 2 fully saturated rings. The lowest BCUT2D eigenvalue weighted by molar-refractivity contribution is -0.121. The Morgan fingerprint density at radius 1 is 1.11 bits per heavy atom. The number of aromatic amines is 1. The Morgan fingerprint density at radius 2 is 1.93 bits per heavy atom. The highest BCUT2D eigenvalue weighted by Gasteiger charge is 2.33. The molecule has 5 rings (SSSR count). The Morgan fingerprint density at radius 3 is 2.64 bits per heavy atom. The van der Waals surface area contributed by atoms with Crippen molar-refractivity contribution in [1.29, 1.82) is 0 Å². The summed E-state index contributed by atoms with van der Waals surface area (Å²) < 4.78 is 0. The van der Waals surface area contributed by atoms with E-state index >= 15 is 0 Å². The maximum absolute atomic E-state index is 12.7. The summed E-state index contributed by atoms with van der Waals surface area (Å²) in [6, 6.07) is 9.01. The molecule has 0 radical (unpaired) electrons. The molecule has 0 spiro atoms. The van der Waals surface area contributed by atoms with E-state index in [1.807, 2.05) is 25.4 Å². The lowest BCUT2D eigenvalue weighted by Gasteiger charge is -2.31. The second-order valence-corrected chi connectivity index (χ2v) is 8.07. The van der Waals surface area contributed by atoms with Crippen LogP contribution in [0, 0.1) is 12.8 Å². The third-order valence-electron chi connectivity index (χ3n) is 6.08. The van der Waals surface area contributed by atoms with Crippen molar-refractivity contribution in [2.75, 3.05) is 18.4 Å². The summed E-state index contributed by atoms with van der Waals surface area (Å²) in [6.45, 7) is 4.10. The van der Waals surface area contributed by atoms with E-state index in [1.54, 1.807) is 0 Å². The Labute approximate surface area is 164 Å². The minimum Gasteiger partial charge on any atom is -0.310 e. The molecule has 0 atom stereocenters. The number of carbonyl (C=O) groups is 1. The van der Waals surface area contributed by atoms with Crippen LogP contribution in [-0.2, 0) is 4.79 Å². The van der Waals surface area contributed by atoms with Gasteiger partial charge in [-0.2, -0.15) is 5.10 Å². The molecule has 2 N–H and O–H groups in total. The maximum atomic E-state index is 12.7. The number of aryl methyl sites for hydroxylation is 1. The molecule has 0 unspecified atom stereocenters. The van der Waals surface area contributed by atoms with Gasteiger partial charge < -0.3 is 10.2 Å². The van der Waals surface area contributed by atoms with Gasteiger partial charge in [0, 0.05) is 34.8 Å². The highest BCUT2D eigenvalue weighted by Crippen LogP contribution is 2.31. The van der Waals surface area contributed by atoms with Crippen LogP contribution in [0.1, 0.15) is 31.4 Å². The molecule has 0 bridgehead atoms. The number of H-pyrrole nitrogens is 1. The molecule has 1 aliphatic heterocycles. The first kappa shape index (κ1) is 17.4. The number of likely N-dealkylation sites (tertiary alicyclic amines) is 1. The quantitative estimate of drug-likeness (QED) is 0.728. The molecule has 144 valence electrons. The third kappa shape index (κ3) is 3.40. The van der Waals surface area contributed by atoms with Gasteiger partial charge in [0.15, 0.2) is 0 Å². The lowest BCUT2D eigenvalue weighted by atomic mass is 9.96. The minimum atomic E-state index is 0.0902. The van der Waals surface area contributed by atoms with E-state index in [-0.39, 0.29) is 11.8 Å². The standard InChI is InChI=1S/C22H25N5O/c1-14-20(13-24-26-14)16-2-3-17-12-23-21(11-18(17)10-16)25-22(28)15-6-8-27(9-7-15)19-4-5-19/h2-3,10-13,15,19H,4-9H2,1H3,(H,24,26)(H,23,25,28). The molecule has 2 aliphatic rings. The van der Waals surface area contributed by atoms with Crippen molar-refractivity contribution in [2.45, 2.75) is 38.6 Å². The monoisotopic (exact) mass is 375 g/mol. The number of amides is 1. The average molecular weight is 375 g/mol. The zero-order valence-electron chi connectivity index (χ0n) is 16.1. The van der Waals surface area contributed by atoms with E-state index < -0.39 is 0 Å². The van der Waals surface area contributed by atoms with Crippen molar-refractivity contribution in [1.82, 2.24) is 20.1 Å². The molecule has 1 aliphatic carbocycles. The van der Waals surface area contributed by atoms with Crippen molar-refractivity contribution in [3.63, 3.8) is 0 Å². The van der Waals surface area contributed by atoms with E-state index in [0.717, 1.165) is 59.6 Å². The molecule has 1 aromatic carbocycles. The van der Waals surface area contributed by atoms with E-state index in [9.17, 15) is 4.79 Å². The number of aromatic nitrogens is 3. The van der Waals surface area contributed by atoms with Gasteiger partial charge in [0.25, 0.3) is 0 Å². The second-order valence-electron chi connectivity index (χ2n) is 8.07. The third-order valence-corrected chi connectivity index (χ3v) is 6.08. The summed E-state index contributed by atoms with van der Waals surface area (Å²) in [5, 5.41) is 12.2. The van der Waals surface area contributed by atoms with Crippen LogP contribution in [0.4, 0.5) is 5.82 Å². The fourth-order valence-electron chi connectivity index (χ4n) is 4.21. The normalized spacial score (nSPS) is 18.5. The molecular weight excluding hydrogens is 350 g/mol. The topological polar surface area (TPSA) is 73.9 Å². The summed E-state index contributed by atoms with van der Waals surface area (Å²) >= 11 is 0. The molecule has 28 heavy (non-hydrogen) atoms. The van der Waals surface area contributed by atoms with Crippen LogP contribution < -0.4 is 5.32 Å². The van der Waals surface area contributed by atoms with Gasteiger partial charge in [-0.05, 0) is 68.8 Å². The SMILES string of the molecule is Cc1[nH]ncc1-c1ccc2cnc(NC(=O)C3CCN(C4CC4)CC3)cc2c1. The number of fused-ring (bicyclic) bond motifs is 1. The number of piperidine rings is 1. The van der Waals surface area contributed by atoms with Gasteiger partial charge in [-0.3, -0.25) is 9.89 Å². The summed E-state index contributed by atoms with van der Waals surface area (Å²) in [5.41, 5.74) is 3.24. The molecule has 3 heterocycles. The molecule has 2 aromatic heterocycles. The average Bonchev–Trinajstić information content (AvgIpc) is 3.48. The number of hydrogen-bond donors (Lipinski definition) is 2. The predicted molar refractivity (Wildman–Crippen MR) is 110 cm³/mol. The Balaban J connectivity index is 1.31. The summed E-state index contributed by atoms with van der Waals surface area (Å²) in [4.78, 5) is 19.7. The second kappa shape index (κ2) is 7.02. The van der Waals surface area contributed by atoms with Gasteiger partial charge in [-0.25, -0.2) is 4.98 Å². The van der Waals surface area contributed by atoms with E-state index in [1.165, 1.54) is 12.8 Å². The largest absolute Gasteiger partial charge is 0.310 e. The van der Waals surface area contributed by atoms with Crippen LogP contribution in [0.25, 0.3) is 21.9 Å². The molecule has 1 amide bonds. The van der Waals surface area contributed by atoms with Gasteiger partial charge in [0.1, 0.15) is 5.82 Å².